The van der Waals surface area contributed by atoms with E-state index in [1.165, 1.54) is 4.90 Å². The number of likely N-dealkylation sites (N-methyl/N-ethyl adjacent to an activating group) is 1. The van der Waals surface area contributed by atoms with Crippen LogP contribution in [0, 0.1) is 0 Å². The van der Waals surface area contributed by atoms with Crippen LogP contribution in [0.25, 0.3) is 10.9 Å². The van der Waals surface area contributed by atoms with Crippen LogP contribution in [-0.4, -0.2) is 64.9 Å². The fourth-order valence-corrected chi connectivity index (χ4v) is 3.32. The van der Waals surface area contributed by atoms with E-state index in [1.807, 2.05) is 24.8 Å². The topological polar surface area (TPSA) is 108 Å². The molecule has 0 spiro atoms. The van der Waals surface area contributed by atoms with Crippen LogP contribution in [-0.2, 0) is 16.1 Å². The van der Waals surface area contributed by atoms with Gasteiger partial charge in [0.25, 0.3) is 5.56 Å². The van der Waals surface area contributed by atoms with Gasteiger partial charge >= 0.3 is 0 Å². The molecule has 0 saturated carbocycles. The van der Waals surface area contributed by atoms with Crippen molar-refractivity contribution in [3.63, 3.8) is 0 Å². The third-order valence-corrected chi connectivity index (χ3v) is 5.24. The monoisotopic (exact) mass is 451 g/mol. The van der Waals surface area contributed by atoms with Crippen molar-refractivity contribution in [1.29, 1.82) is 0 Å². The fourth-order valence-electron chi connectivity index (χ4n) is 3.32. The average molecular weight is 452 g/mol. The Kier molecular flexibility index (Phi) is 7.78. The van der Waals surface area contributed by atoms with Gasteiger partial charge in [-0.15, -0.1) is 0 Å². The Bertz CT molecular complexity index is 1190. The maximum Gasteiger partial charge on any atom is 0.258 e. The molecule has 1 aromatic heterocycles. The highest BCUT2D eigenvalue weighted by atomic mass is 16.5. The Morgan fingerprint density at radius 1 is 1.12 bits per heavy atom. The predicted octanol–water partition coefficient (Wildman–Crippen LogP) is 2.24. The number of fused-ring (bicyclic) bond motifs is 1. The summed E-state index contributed by atoms with van der Waals surface area (Å²) in [5.41, 5.74) is 0.991. The number of anilines is 1. The first-order valence-electron chi connectivity index (χ1n) is 10.7. The summed E-state index contributed by atoms with van der Waals surface area (Å²) >= 11 is 0. The summed E-state index contributed by atoms with van der Waals surface area (Å²) < 4.78 is 5.15. The number of carbonyl (C=O) groups excluding carboxylic acids is 2. The van der Waals surface area contributed by atoms with Crippen LogP contribution >= 0.6 is 0 Å². The molecule has 174 valence electrons. The number of carbonyl (C=O) groups is 2. The normalized spacial score (nSPS) is 11.1. The Hall–Kier alpha value is -3.72. The molecule has 2 N–H and O–H groups in total. The number of amides is 2. The van der Waals surface area contributed by atoms with Gasteiger partial charge in [0.2, 0.25) is 11.8 Å². The summed E-state index contributed by atoms with van der Waals surface area (Å²) in [6.07, 6.45) is 0. The van der Waals surface area contributed by atoms with Crippen molar-refractivity contribution in [2.75, 3.05) is 32.6 Å². The molecule has 0 atom stereocenters. The molecular weight excluding hydrogens is 422 g/mol. The minimum atomic E-state index is -0.310. The van der Waals surface area contributed by atoms with Crippen molar-refractivity contribution in [2.24, 2.45) is 0 Å². The number of hydrogen-bond acceptors (Lipinski definition) is 6. The lowest BCUT2D eigenvalue weighted by Gasteiger charge is -2.27. The first-order valence-corrected chi connectivity index (χ1v) is 10.7. The van der Waals surface area contributed by atoms with Crippen LogP contribution in [0.5, 0.6) is 5.75 Å². The summed E-state index contributed by atoms with van der Waals surface area (Å²) in [4.78, 5) is 48.1. The summed E-state index contributed by atoms with van der Waals surface area (Å²) in [5.74, 6) is 0.590. The van der Waals surface area contributed by atoms with Crippen molar-refractivity contribution in [3.05, 3.63) is 64.7 Å². The van der Waals surface area contributed by atoms with Crippen LogP contribution in [0.15, 0.2) is 53.3 Å². The lowest BCUT2D eigenvalue weighted by Crippen LogP contribution is -2.44. The predicted molar refractivity (Wildman–Crippen MR) is 127 cm³/mol. The zero-order chi connectivity index (χ0) is 24.0. The smallest absolute Gasteiger partial charge is 0.258 e. The van der Waals surface area contributed by atoms with Crippen LogP contribution in [0.3, 0.4) is 0 Å². The van der Waals surface area contributed by atoms with Crippen molar-refractivity contribution in [1.82, 2.24) is 19.8 Å². The third-order valence-electron chi connectivity index (χ3n) is 5.24. The Balaban J connectivity index is 1.62. The standard InChI is InChI=1S/C24H29N5O4/c1-16(2)29(13-21-26-20-11-6-5-10-19(20)24(32)27-21)15-23(31)28(3)14-22(30)25-17-8-7-9-18(12-17)33-4/h5-12,16H,13-15H2,1-4H3,(H,25,30)(H,26,27,32). The molecule has 1 heterocycles. The zero-order valence-corrected chi connectivity index (χ0v) is 19.3. The van der Waals surface area contributed by atoms with E-state index in [1.54, 1.807) is 56.6 Å². The lowest BCUT2D eigenvalue weighted by molar-refractivity contribution is -0.134. The molecule has 2 amide bonds. The van der Waals surface area contributed by atoms with E-state index < -0.39 is 0 Å². The summed E-state index contributed by atoms with van der Waals surface area (Å²) in [7, 11) is 3.14. The fraction of sp³-hybridized carbons (Fsp3) is 0.333. The first kappa shape index (κ1) is 23.9. The largest absolute Gasteiger partial charge is 0.497 e. The summed E-state index contributed by atoms with van der Waals surface area (Å²) in [6.45, 7) is 4.21. The molecule has 0 fully saturated rings. The van der Waals surface area contributed by atoms with Crippen molar-refractivity contribution in [2.45, 2.75) is 26.4 Å². The highest BCUT2D eigenvalue weighted by Crippen LogP contribution is 2.16. The number of ether oxygens (including phenoxy) is 1. The van der Waals surface area contributed by atoms with Gasteiger partial charge in [0, 0.05) is 24.8 Å². The highest BCUT2D eigenvalue weighted by Gasteiger charge is 2.20. The van der Waals surface area contributed by atoms with E-state index in [-0.39, 0.29) is 36.5 Å². The second-order valence-corrected chi connectivity index (χ2v) is 8.06. The number of aromatic amines is 1. The minimum Gasteiger partial charge on any atom is -0.497 e. The molecule has 3 rings (SSSR count). The van der Waals surface area contributed by atoms with Gasteiger partial charge < -0.3 is 19.9 Å². The van der Waals surface area contributed by atoms with E-state index in [2.05, 4.69) is 15.3 Å². The SMILES string of the molecule is COc1cccc(NC(=O)CN(C)C(=O)CN(Cc2nc3ccccc3c(=O)[nH]2)C(C)C)c1. The van der Waals surface area contributed by atoms with Gasteiger partial charge in [0.05, 0.1) is 37.6 Å². The first-order chi connectivity index (χ1) is 15.8. The van der Waals surface area contributed by atoms with E-state index in [9.17, 15) is 14.4 Å². The van der Waals surface area contributed by atoms with Crippen molar-refractivity contribution >= 4 is 28.4 Å². The highest BCUT2D eigenvalue weighted by molar-refractivity contribution is 5.94. The number of methoxy groups -OCH3 is 1. The molecule has 2 aromatic carbocycles. The Labute approximate surface area is 192 Å². The molecule has 3 aromatic rings. The number of hydrogen-bond donors (Lipinski definition) is 2. The number of aromatic nitrogens is 2. The molecule has 9 nitrogen and oxygen atoms in total. The van der Waals surface area contributed by atoms with Crippen molar-refractivity contribution in [3.8, 4) is 5.75 Å². The average Bonchev–Trinajstić information content (AvgIpc) is 2.78. The molecule has 0 aliphatic rings. The van der Waals surface area contributed by atoms with Gasteiger partial charge in [0.15, 0.2) is 0 Å². The van der Waals surface area contributed by atoms with Crippen LogP contribution in [0.2, 0.25) is 0 Å². The second-order valence-electron chi connectivity index (χ2n) is 8.06. The van der Waals surface area contributed by atoms with Gasteiger partial charge in [-0.25, -0.2) is 4.98 Å². The number of rotatable bonds is 9. The number of para-hydroxylation sites is 1. The lowest BCUT2D eigenvalue weighted by atomic mass is 10.2. The van der Waals surface area contributed by atoms with Gasteiger partial charge in [0.1, 0.15) is 11.6 Å². The van der Waals surface area contributed by atoms with E-state index in [0.29, 0.717) is 34.7 Å². The molecule has 0 aliphatic heterocycles. The number of H-pyrrole nitrogens is 1. The quantitative estimate of drug-likeness (QED) is 0.517. The maximum absolute atomic E-state index is 12.8. The molecule has 0 unspecified atom stereocenters. The molecule has 0 radical (unpaired) electrons. The second kappa shape index (κ2) is 10.7. The number of nitrogens with zero attached hydrogens (tertiary/aromatic N) is 3. The molecule has 0 saturated heterocycles. The maximum atomic E-state index is 12.8. The van der Waals surface area contributed by atoms with Crippen LogP contribution < -0.4 is 15.6 Å². The molecule has 0 aliphatic carbocycles. The van der Waals surface area contributed by atoms with E-state index in [4.69, 9.17) is 4.74 Å². The Morgan fingerprint density at radius 3 is 2.61 bits per heavy atom. The zero-order valence-electron chi connectivity index (χ0n) is 19.3. The molecular formula is C24H29N5O4. The molecule has 9 heteroatoms. The number of nitrogens with one attached hydrogen (secondary N) is 2. The van der Waals surface area contributed by atoms with Crippen LogP contribution in [0.1, 0.15) is 19.7 Å². The molecule has 0 bridgehead atoms. The molecule has 33 heavy (non-hydrogen) atoms. The van der Waals surface area contributed by atoms with E-state index >= 15 is 0 Å². The summed E-state index contributed by atoms with van der Waals surface area (Å²) in [5, 5.41) is 3.29. The summed E-state index contributed by atoms with van der Waals surface area (Å²) in [6, 6.07) is 14.2. The van der Waals surface area contributed by atoms with Gasteiger partial charge in [-0.1, -0.05) is 18.2 Å². The van der Waals surface area contributed by atoms with Crippen LogP contribution in [0.4, 0.5) is 5.69 Å². The van der Waals surface area contributed by atoms with Crippen molar-refractivity contribution < 1.29 is 14.3 Å². The minimum absolute atomic E-state index is 0.0183. The third kappa shape index (κ3) is 6.39. The number of benzene rings is 2. The van der Waals surface area contributed by atoms with E-state index in [0.717, 1.165) is 0 Å². The Morgan fingerprint density at radius 2 is 1.88 bits per heavy atom. The van der Waals surface area contributed by atoms with Gasteiger partial charge in [-0.2, -0.15) is 0 Å². The van der Waals surface area contributed by atoms with Gasteiger partial charge in [-0.3, -0.25) is 19.3 Å². The van der Waals surface area contributed by atoms with Gasteiger partial charge in [-0.05, 0) is 38.1 Å².